The van der Waals surface area contributed by atoms with E-state index in [1.54, 1.807) is 11.8 Å². The van der Waals surface area contributed by atoms with Crippen molar-refractivity contribution < 1.29 is 9.72 Å². The molecule has 1 atom stereocenters. The van der Waals surface area contributed by atoms with Crippen LogP contribution in [0.15, 0.2) is 12.1 Å². The molecule has 0 spiro atoms. The third kappa shape index (κ3) is 4.26. The summed E-state index contributed by atoms with van der Waals surface area (Å²) in [5.74, 6) is 0.374. The SMILES string of the molecule is CCC(CSC)NC(=O)c1cc(Cl)c(Cl)c([N+](=O)[O-])c1. The molecule has 1 amide bonds. The van der Waals surface area contributed by atoms with E-state index in [0.717, 1.165) is 18.2 Å². The summed E-state index contributed by atoms with van der Waals surface area (Å²) in [5, 5.41) is 13.5. The fourth-order valence-corrected chi connectivity index (χ4v) is 2.68. The number of carbonyl (C=O) groups excluding carboxylic acids is 1. The van der Waals surface area contributed by atoms with Crippen molar-refractivity contribution in [3.05, 3.63) is 37.9 Å². The summed E-state index contributed by atoms with van der Waals surface area (Å²) in [7, 11) is 0. The molecule has 0 radical (unpaired) electrons. The maximum atomic E-state index is 12.1. The highest BCUT2D eigenvalue weighted by Crippen LogP contribution is 2.33. The number of nitrogens with one attached hydrogen (secondary N) is 1. The monoisotopic (exact) mass is 336 g/mol. The van der Waals surface area contributed by atoms with Gasteiger partial charge in [-0.2, -0.15) is 11.8 Å². The van der Waals surface area contributed by atoms with Crippen LogP contribution < -0.4 is 5.32 Å². The summed E-state index contributed by atoms with van der Waals surface area (Å²) in [4.78, 5) is 22.3. The van der Waals surface area contributed by atoms with Gasteiger partial charge in [-0.25, -0.2) is 0 Å². The maximum absolute atomic E-state index is 12.1. The van der Waals surface area contributed by atoms with Crippen molar-refractivity contribution >= 4 is 46.6 Å². The van der Waals surface area contributed by atoms with Crippen LogP contribution in [0.4, 0.5) is 5.69 Å². The van der Waals surface area contributed by atoms with Gasteiger partial charge in [-0.3, -0.25) is 14.9 Å². The number of amides is 1. The minimum atomic E-state index is -0.663. The Hall–Kier alpha value is -0.980. The van der Waals surface area contributed by atoms with Gasteiger partial charge in [0.05, 0.1) is 9.95 Å². The number of hydrogen-bond acceptors (Lipinski definition) is 4. The van der Waals surface area contributed by atoms with Crippen LogP contribution in [0.5, 0.6) is 0 Å². The Morgan fingerprint density at radius 2 is 2.15 bits per heavy atom. The van der Waals surface area contributed by atoms with E-state index in [0.29, 0.717) is 0 Å². The number of benzene rings is 1. The fraction of sp³-hybridized carbons (Fsp3) is 0.417. The molecule has 1 N–H and O–H groups in total. The summed E-state index contributed by atoms with van der Waals surface area (Å²) in [5.41, 5.74) is -0.243. The Morgan fingerprint density at radius 1 is 1.50 bits per heavy atom. The summed E-state index contributed by atoms with van der Waals surface area (Å²) < 4.78 is 0. The zero-order valence-corrected chi connectivity index (χ0v) is 13.3. The number of nitrogens with zero attached hydrogens (tertiary/aromatic N) is 1. The number of rotatable bonds is 6. The van der Waals surface area contributed by atoms with Crippen molar-refractivity contribution in [3.8, 4) is 0 Å². The van der Waals surface area contributed by atoms with Gasteiger partial charge in [0.25, 0.3) is 11.6 Å². The number of hydrogen-bond donors (Lipinski definition) is 1. The Morgan fingerprint density at radius 3 is 2.65 bits per heavy atom. The van der Waals surface area contributed by atoms with Crippen LogP contribution in [0, 0.1) is 10.1 Å². The molecule has 0 aliphatic carbocycles. The largest absolute Gasteiger partial charge is 0.348 e. The van der Waals surface area contributed by atoms with Gasteiger partial charge in [0.2, 0.25) is 0 Å². The van der Waals surface area contributed by atoms with Gasteiger partial charge in [-0.15, -0.1) is 0 Å². The molecule has 8 heteroatoms. The van der Waals surface area contributed by atoms with Gasteiger partial charge in [0.15, 0.2) is 0 Å². The molecule has 1 aromatic carbocycles. The topological polar surface area (TPSA) is 72.2 Å². The predicted molar refractivity (Wildman–Crippen MR) is 83.0 cm³/mol. The lowest BCUT2D eigenvalue weighted by Gasteiger charge is -2.15. The smallest absolute Gasteiger partial charge is 0.290 e. The molecule has 1 unspecified atom stereocenters. The third-order valence-electron chi connectivity index (χ3n) is 2.66. The van der Waals surface area contributed by atoms with Crippen molar-refractivity contribution in [1.29, 1.82) is 0 Å². The van der Waals surface area contributed by atoms with Gasteiger partial charge in [-0.1, -0.05) is 30.1 Å². The van der Waals surface area contributed by atoms with Gasteiger partial charge in [-0.05, 0) is 18.7 Å². The Bertz CT molecular complexity index is 526. The quantitative estimate of drug-likeness (QED) is 0.633. The first-order chi connectivity index (χ1) is 9.40. The first-order valence-corrected chi connectivity index (χ1v) is 7.98. The van der Waals surface area contributed by atoms with E-state index in [9.17, 15) is 14.9 Å². The average Bonchev–Trinajstić information content (AvgIpc) is 2.40. The van der Waals surface area contributed by atoms with E-state index in [-0.39, 0.29) is 27.3 Å². The highest BCUT2D eigenvalue weighted by Gasteiger charge is 2.21. The molecule has 110 valence electrons. The second-order valence-corrected chi connectivity index (χ2v) is 5.78. The second kappa shape index (κ2) is 7.71. The zero-order chi connectivity index (χ0) is 15.3. The Kier molecular flexibility index (Phi) is 6.58. The molecule has 20 heavy (non-hydrogen) atoms. The summed E-state index contributed by atoms with van der Waals surface area (Å²) in [6.45, 7) is 1.96. The molecule has 0 bridgehead atoms. The van der Waals surface area contributed by atoms with Gasteiger partial charge >= 0.3 is 0 Å². The van der Waals surface area contributed by atoms with E-state index < -0.39 is 10.8 Å². The molecule has 1 aromatic rings. The van der Waals surface area contributed by atoms with Crippen molar-refractivity contribution in [3.63, 3.8) is 0 Å². The first-order valence-electron chi connectivity index (χ1n) is 5.83. The predicted octanol–water partition coefficient (Wildman–Crippen LogP) is 3.77. The van der Waals surface area contributed by atoms with Crippen LogP contribution in [0.1, 0.15) is 23.7 Å². The van der Waals surface area contributed by atoms with Crippen LogP contribution in [-0.2, 0) is 0 Å². The number of thioether (sulfide) groups is 1. The van der Waals surface area contributed by atoms with Crippen LogP contribution in [0.2, 0.25) is 10.0 Å². The molecule has 5 nitrogen and oxygen atoms in total. The molecule has 0 saturated heterocycles. The molecule has 0 aromatic heterocycles. The number of carbonyl (C=O) groups is 1. The van der Waals surface area contributed by atoms with Crippen molar-refractivity contribution in [1.82, 2.24) is 5.32 Å². The van der Waals surface area contributed by atoms with Crippen LogP contribution in [0.25, 0.3) is 0 Å². The van der Waals surface area contributed by atoms with Crippen LogP contribution in [-0.4, -0.2) is 28.9 Å². The van der Waals surface area contributed by atoms with Crippen molar-refractivity contribution in [2.24, 2.45) is 0 Å². The van der Waals surface area contributed by atoms with Gasteiger partial charge in [0, 0.05) is 23.4 Å². The second-order valence-electron chi connectivity index (χ2n) is 4.08. The minimum absolute atomic E-state index is 0.00556. The lowest BCUT2D eigenvalue weighted by atomic mass is 10.1. The molecule has 1 rings (SSSR count). The van der Waals surface area contributed by atoms with E-state index >= 15 is 0 Å². The molecule has 0 saturated carbocycles. The highest BCUT2D eigenvalue weighted by molar-refractivity contribution is 7.98. The van der Waals surface area contributed by atoms with Crippen LogP contribution >= 0.6 is 35.0 Å². The van der Waals surface area contributed by atoms with E-state index in [1.165, 1.54) is 6.07 Å². The molecule has 0 heterocycles. The minimum Gasteiger partial charge on any atom is -0.348 e. The fourth-order valence-electron chi connectivity index (χ4n) is 1.57. The standard InChI is InChI=1S/C12H14Cl2N2O3S/c1-3-8(6-20-2)15-12(17)7-4-9(13)11(14)10(5-7)16(18)19/h4-5,8H,3,6H2,1-2H3,(H,15,17). The van der Waals surface area contributed by atoms with Crippen molar-refractivity contribution in [2.45, 2.75) is 19.4 Å². The summed E-state index contributed by atoms with van der Waals surface area (Å²) >= 11 is 13.2. The van der Waals surface area contributed by atoms with Gasteiger partial charge in [0.1, 0.15) is 5.02 Å². The van der Waals surface area contributed by atoms with Gasteiger partial charge < -0.3 is 5.32 Å². The number of nitro groups is 1. The Balaban J connectivity index is 3.02. The molecule has 0 aliphatic rings. The normalized spacial score (nSPS) is 12.0. The number of nitro benzene ring substituents is 1. The molecular formula is C12H14Cl2N2O3S. The summed E-state index contributed by atoms with van der Waals surface area (Å²) in [6, 6.07) is 2.47. The van der Waals surface area contributed by atoms with E-state index in [2.05, 4.69) is 5.32 Å². The molecule has 0 aliphatic heterocycles. The third-order valence-corrected chi connectivity index (χ3v) is 4.19. The van der Waals surface area contributed by atoms with Crippen molar-refractivity contribution in [2.75, 3.05) is 12.0 Å². The lowest BCUT2D eigenvalue weighted by molar-refractivity contribution is -0.384. The average molecular weight is 337 g/mol. The lowest BCUT2D eigenvalue weighted by Crippen LogP contribution is -2.36. The molecular weight excluding hydrogens is 323 g/mol. The molecule has 0 fully saturated rings. The zero-order valence-electron chi connectivity index (χ0n) is 11.0. The van der Waals surface area contributed by atoms with E-state index in [1.807, 2.05) is 13.2 Å². The summed E-state index contributed by atoms with van der Waals surface area (Å²) in [6.07, 6.45) is 2.72. The number of halogens is 2. The van der Waals surface area contributed by atoms with Crippen LogP contribution in [0.3, 0.4) is 0 Å². The first kappa shape index (κ1) is 17.1. The highest BCUT2D eigenvalue weighted by atomic mass is 35.5. The maximum Gasteiger partial charge on any atom is 0.290 e. The Labute approximate surface area is 131 Å². The van der Waals surface area contributed by atoms with E-state index in [4.69, 9.17) is 23.2 Å².